The Bertz CT molecular complexity index is 1020. The molecule has 2 heterocycles. The van der Waals surface area contributed by atoms with Crippen molar-refractivity contribution in [1.82, 2.24) is 24.3 Å². The van der Waals surface area contributed by atoms with E-state index in [0.29, 0.717) is 37.7 Å². The number of carbonyl (C=O) groups excluding carboxylic acids is 1. The second kappa shape index (κ2) is 9.99. The Morgan fingerprint density at radius 1 is 1.23 bits per heavy atom. The first-order valence-electron chi connectivity index (χ1n) is 10.2. The van der Waals surface area contributed by atoms with Gasteiger partial charge in [-0.2, -0.15) is 9.40 Å². The predicted octanol–water partition coefficient (Wildman–Crippen LogP) is 1.27. The SMILES string of the molecule is CN(C)CCCNC(=O)c1cn(C)nc1S(=O)(=O)N1CCN(c2cccc(Cl)c2)CC1. The first-order chi connectivity index (χ1) is 14.7. The van der Waals surface area contributed by atoms with Gasteiger partial charge < -0.3 is 15.1 Å². The number of benzene rings is 1. The third-order valence-electron chi connectivity index (χ3n) is 5.10. The third kappa shape index (κ3) is 5.76. The van der Waals surface area contributed by atoms with Crippen LogP contribution in [0.3, 0.4) is 0 Å². The van der Waals surface area contributed by atoms with Crippen LogP contribution in [0.15, 0.2) is 35.5 Å². The van der Waals surface area contributed by atoms with Gasteiger partial charge in [0.15, 0.2) is 0 Å². The number of aryl methyl sites for hydroxylation is 1. The highest BCUT2D eigenvalue weighted by Gasteiger charge is 2.34. The third-order valence-corrected chi connectivity index (χ3v) is 7.17. The standard InChI is InChI=1S/C20H29ClN6O3S/c1-24(2)9-5-8-22-19(28)18-15-25(3)23-20(18)31(29,30)27-12-10-26(11-13-27)17-7-4-6-16(21)14-17/h4,6-7,14-15H,5,8-13H2,1-3H3,(H,22,28). The summed E-state index contributed by atoms with van der Waals surface area (Å²) in [5.74, 6) is -0.428. The van der Waals surface area contributed by atoms with E-state index in [-0.39, 0.29) is 10.6 Å². The van der Waals surface area contributed by atoms with Crippen molar-refractivity contribution in [2.75, 3.05) is 58.3 Å². The smallest absolute Gasteiger partial charge is 0.263 e. The van der Waals surface area contributed by atoms with Crippen molar-refractivity contribution < 1.29 is 13.2 Å². The van der Waals surface area contributed by atoms with Crippen molar-refractivity contribution in [2.24, 2.45) is 7.05 Å². The minimum atomic E-state index is -3.90. The molecule has 1 aromatic heterocycles. The number of nitrogens with one attached hydrogen (secondary N) is 1. The van der Waals surface area contributed by atoms with Gasteiger partial charge in [0.2, 0.25) is 5.03 Å². The van der Waals surface area contributed by atoms with Gasteiger partial charge in [-0.15, -0.1) is 0 Å². The molecule has 1 saturated heterocycles. The van der Waals surface area contributed by atoms with Gasteiger partial charge in [0.05, 0.1) is 5.56 Å². The fourth-order valence-corrected chi connectivity index (χ4v) is 5.22. The zero-order valence-electron chi connectivity index (χ0n) is 18.1. The summed E-state index contributed by atoms with van der Waals surface area (Å²) in [6.07, 6.45) is 2.23. The number of amides is 1. The lowest BCUT2D eigenvalue weighted by Crippen LogP contribution is -2.49. The van der Waals surface area contributed by atoms with Crippen LogP contribution < -0.4 is 10.2 Å². The van der Waals surface area contributed by atoms with E-state index in [1.54, 1.807) is 13.1 Å². The van der Waals surface area contributed by atoms with Gasteiger partial charge in [0, 0.05) is 56.7 Å². The molecule has 1 aromatic carbocycles. The van der Waals surface area contributed by atoms with E-state index >= 15 is 0 Å². The molecule has 11 heteroatoms. The maximum Gasteiger partial charge on any atom is 0.263 e. The Morgan fingerprint density at radius 2 is 1.94 bits per heavy atom. The minimum Gasteiger partial charge on any atom is -0.369 e. The quantitative estimate of drug-likeness (QED) is 0.587. The van der Waals surface area contributed by atoms with Gasteiger partial charge in [-0.05, 0) is 45.3 Å². The molecule has 0 saturated carbocycles. The zero-order chi connectivity index (χ0) is 22.6. The van der Waals surface area contributed by atoms with Gasteiger partial charge >= 0.3 is 0 Å². The van der Waals surface area contributed by atoms with E-state index in [1.165, 1.54) is 15.2 Å². The number of rotatable bonds is 8. The van der Waals surface area contributed by atoms with Crippen LogP contribution in [0.4, 0.5) is 5.69 Å². The molecule has 2 aromatic rings. The highest BCUT2D eigenvalue weighted by molar-refractivity contribution is 7.89. The Labute approximate surface area is 188 Å². The van der Waals surface area contributed by atoms with Crippen LogP contribution in [0.25, 0.3) is 0 Å². The Hall–Kier alpha value is -2.14. The molecule has 9 nitrogen and oxygen atoms in total. The molecule has 1 aliphatic rings. The van der Waals surface area contributed by atoms with Gasteiger partial charge in [0.1, 0.15) is 0 Å². The summed E-state index contributed by atoms with van der Waals surface area (Å²) in [5.41, 5.74) is 1.03. The largest absolute Gasteiger partial charge is 0.369 e. The van der Waals surface area contributed by atoms with Crippen LogP contribution in [-0.4, -0.2) is 86.7 Å². The maximum absolute atomic E-state index is 13.3. The average molecular weight is 469 g/mol. The normalized spacial score (nSPS) is 15.5. The summed E-state index contributed by atoms with van der Waals surface area (Å²) in [6, 6.07) is 7.49. The molecule has 0 unspecified atom stereocenters. The highest BCUT2D eigenvalue weighted by Crippen LogP contribution is 2.24. The molecule has 0 radical (unpaired) electrons. The van der Waals surface area contributed by atoms with Crippen molar-refractivity contribution in [1.29, 1.82) is 0 Å². The Balaban J connectivity index is 1.69. The Morgan fingerprint density at radius 3 is 2.58 bits per heavy atom. The monoisotopic (exact) mass is 468 g/mol. The summed E-state index contributed by atoms with van der Waals surface area (Å²) >= 11 is 6.07. The van der Waals surface area contributed by atoms with E-state index < -0.39 is 15.9 Å². The van der Waals surface area contributed by atoms with Crippen molar-refractivity contribution in [3.05, 3.63) is 41.0 Å². The number of piperazine rings is 1. The number of carbonyl (C=O) groups is 1. The molecular formula is C20H29ClN6O3S. The highest BCUT2D eigenvalue weighted by atomic mass is 35.5. The van der Waals surface area contributed by atoms with E-state index in [1.807, 2.05) is 37.2 Å². The van der Waals surface area contributed by atoms with Crippen molar-refractivity contribution in [3.63, 3.8) is 0 Å². The molecule has 1 aliphatic heterocycles. The molecule has 0 spiro atoms. The lowest BCUT2D eigenvalue weighted by molar-refractivity contribution is 0.0948. The second-order valence-corrected chi connectivity index (χ2v) is 10.1. The zero-order valence-corrected chi connectivity index (χ0v) is 19.7. The summed E-state index contributed by atoms with van der Waals surface area (Å²) < 4.78 is 29.3. The van der Waals surface area contributed by atoms with Crippen LogP contribution in [0, 0.1) is 0 Å². The second-order valence-electron chi connectivity index (χ2n) is 7.81. The van der Waals surface area contributed by atoms with E-state index in [9.17, 15) is 13.2 Å². The number of sulfonamides is 1. The van der Waals surface area contributed by atoms with Crippen molar-refractivity contribution >= 4 is 33.2 Å². The lowest BCUT2D eigenvalue weighted by Gasteiger charge is -2.35. The van der Waals surface area contributed by atoms with Crippen LogP contribution in [0.1, 0.15) is 16.8 Å². The van der Waals surface area contributed by atoms with Crippen molar-refractivity contribution in [3.8, 4) is 0 Å². The maximum atomic E-state index is 13.3. The van der Waals surface area contributed by atoms with Crippen molar-refractivity contribution in [2.45, 2.75) is 11.4 Å². The summed E-state index contributed by atoms with van der Waals surface area (Å²) in [4.78, 5) is 16.8. The molecule has 3 rings (SSSR count). The van der Waals surface area contributed by atoms with Crippen LogP contribution in [-0.2, 0) is 17.1 Å². The Kier molecular flexibility index (Phi) is 7.58. The average Bonchev–Trinajstić information content (AvgIpc) is 3.14. The van der Waals surface area contributed by atoms with Crippen LogP contribution in [0.5, 0.6) is 0 Å². The molecule has 0 aliphatic carbocycles. The summed E-state index contributed by atoms with van der Waals surface area (Å²) in [7, 11) is 1.63. The lowest BCUT2D eigenvalue weighted by atomic mass is 10.2. The molecule has 0 bridgehead atoms. The number of anilines is 1. The first-order valence-corrected chi connectivity index (χ1v) is 12.0. The number of hydrogen-bond acceptors (Lipinski definition) is 6. The van der Waals surface area contributed by atoms with Gasteiger partial charge in [0.25, 0.3) is 15.9 Å². The van der Waals surface area contributed by atoms with Crippen LogP contribution >= 0.6 is 11.6 Å². The summed E-state index contributed by atoms with van der Waals surface area (Å²) in [6.45, 7) is 2.95. The molecule has 1 N–H and O–H groups in total. The van der Waals surface area contributed by atoms with E-state index in [4.69, 9.17) is 11.6 Å². The first kappa shape index (κ1) is 23.5. The molecule has 1 amide bonds. The number of halogens is 1. The molecule has 170 valence electrons. The number of nitrogens with zero attached hydrogens (tertiary/aromatic N) is 5. The van der Waals surface area contributed by atoms with Gasteiger partial charge in [-0.1, -0.05) is 17.7 Å². The van der Waals surface area contributed by atoms with Crippen LogP contribution in [0.2, 0.25) is 5.02 Å². The molecule has 31 heavy (non-hydrogen) atoms. The minimum absolute atomic E-state index is 0.0737. The van der Waals surface area contributed by atoms with Gasteiger partial charge in [-0.25, -0.2) is 8.42 Å². The molecular weight excluding hydrogens is 440 g/mol. The van der Waals surface area contributed by atoms with E-state index in [0.717, 1.165) is 18.7 Å². The number of hydrogen-bond donors (Lipinski definition) is 1. The molecule has 0 atom stereocenters. The van der Waals surface area contributed by atoms with E-state index in [2.05, 4.69) is 15.3 Å². The predicted molar refractivity (Wildman–Crippen MR) is 121 cm³/mol. The number of aromatic nitrogens is 2. The fraction of sp³-hybridized carbons (Fsp3) is 0.500. The van der Waals surface area contributed by atoms with Gasteiger partial charge in [-0.3, -0.25) is 9.48 Å². The topological polar surface area (TPSA) is 90.8 Å². The summed E-state index contributed by atoms with van der Waals surface area (Å²) in [5, 5.41) is 7.35. The fourth-order valence-electron chi connectivity index (χ4n) is 3.49. The molecule has 1 fully saturated rings.